The number of halogens is 2. The summed E-state index contributed by atoms with van der Waals surface area (Å²) in [4.78, 5) is 14.2. The summed E-state index contributed by atoms with van der Waals surface area (Å²) < 4.78 is 19.0. The highest BCUT2D eigenvalue weighted by Crippen LogP contribution is 2.44. The zero-order chi connectivity index (χ0) is 16.1. The van der Waals surface area contributed by atoms with E-state index in [9.17, 15) is 9.18 Å². The largest absolute Gasteiger partial charge is 0.476 e. The number of hydrogen-bond acceptors (Lipinski definition) is 3. The first kappa shape index (κ1) is 14.7. The number of fused-ring (bicyclic) bond motifs is 1. The molecule has 0 saturated carbocycles. The molecule has 1 heterocycles. The second-order valence-electron chi connectivity index (χ2n) is 5.58. The normalized spacial score (nSPS) is 16.2. The van der Waals surface area contributed by atoms with Crippen LogP contribution in [-0.2, 0) is 4.79 Å². The van der Waals surface area contributed by atoms with Crippen LogP contribution in [0, 0.1) is 5.82 Å². The average molecular weight is 321 g/mol. The summed E-state index contributed by atoms with van der Waals surface area (Å²) in [6.45, 7) is 3.32. The zero-order valence-corrected chi connectivity index (χ0v) is 12.8. The molecule has 0 aromatic heterocycles. The van der Waals surface area contributed by atoms with Crippen LogP contribution in [0.3, 0.4) is 0 Å². The summed E-state index contributed by atoms with van der Waals surface area (Å²) in [5, 5.41) is 0.147. The minimum atomic E-state index is -1.08. The fourth-order valence-corrected chi connectivity index (χ4v) is 2.65. The van der Waals surface area contributed by atoms with Crippen molar-refractivity contribution in [1.29, 1.82) is 0 Å². The van der Waals surface area contributed by atoms with E-state index in [-0.39, 0.29) is 10.9 Å². The van der Waals surface area contributed by atoms with Gasteiger partial charge in [-0.25, -0.2) is 4.39 Å². The number of benzene rings is 2. The molecule has 0 radical (unpaired) electrons. The second kappa shape index (κ2) is 4.88. The number of nitrogen functional groups attached to an aromatic ring is 1. The van der Waals surface area contributed by atoms with E-state index in [1.807, 2.05) is 0 Å². The van der Waals surface area contributed by atoms with Gasteiger partial charge in [-0.1, -0.05) is 11.6 Å². The van der Waals surface area contributed by atoms with E-state index < -0.39 is 11.4 Å². The molecule has 1 aliphatic rings. The van der Waals surface area contributed by atoms with Crippen LogP contribution in [0.2, 0.25) is 5.02 Å². The van der Waals surface area contributed by atoms with E-state index in [4.69, 9.17) is 22.1 Å². The Hall–Kier alpha value is -2.27. The standard InChI is InChI=1S/C16H14ClFN2O2/c1-16(2)15(21)20(12-5-3-9(18)7-11(12)17)13-6-4-10(19)8-14(13)22-16/h3-8H,19H2,1-2H3. The summed E-state index contributed by atoms with van der Waals surface area (Å²) in [5.41, 5.74) is 6.14. The molecule has 0 bridgehead atoms. The molecule has 4 nitrogen and oxygen atoms in total. The third-order valence-corrected chi connectivity index (χ3v) is 3.76. The number of hydrogen-bond donors (Lipinski definition) is 1. The van der Waals surface area contributed by atoms with Gasteiger partial charge in [0.1, 0.15) is 11.6 Å². The predicted molar refractivity (Wildman–Crippen MR) is 84.1 cm³/mol. The number of nitrogens with two attached hydrogens (primary N) is 1. The third kappa shape index (κ3) is 2.27. The molecule has 1 aliphatic heterocycles. The first-order valence-corrected chi connectivity index (χ1v) is 7.05. The first-order valence-electron chi connectivity index (χ1n) is 6.68. The van der Waals surface area contributed by atoms with Crippen molar-refractivity contribution >= 4 is 34.6 Å². The zero-order valence-electron chi connectivity index (χ0n) is 12.1. The van der Waals surface area contributed by atoms with Crippen molar-refractivity contribution in [1.82, 2.24) is 0 Å². The van der Waals surface area contributed by atoms with Crippen molar-refractivity contribution < 1.29 is 13.9 Å². The van der Waals surface area contributed by atoms with Crippen molar-refractivity contribution in [3.8, 4) is 5.75 Å². The van der Waals surface area contributed by atoms with Crippen LogP contribution in [0.5, 0.6) is 5.75 Å². The molecule has 114 valence electrons. The van der Waals surface area contributed by atoms with Gasteiger partial charge in [-0.05, 0) is 44.2 Å². The van der Waals surface area contributed by atoms with Crippen LogP contribution in [0.15, 0.2) is 36.4 Å². The van der Waals surface area contributed by atoms with E-state index in [1.165, 1.54) is 23.1 Å². The molecule has 2 N–H and O–H groups in total. The molecule has 1 amide bonds. The quantitative estimate of drug-likeness (QED) is 0.811. The summed E-state index contributed by atoms with van der Waals surface area (Å²) in [5.74, 6) is -0.283. The molecule has 6 heteroatoms. The average Bonchev–Trinajstić information content (AvgIpc) is 2.41. The summed E-state index contributed by atoms with van der Waals surface area (Å²) in [7, 11) is 0. The van der Waals surface area contributed by atoms with Gasteiger partial charge >= 0.3 is 0 Å². The van der Waals surface area contributed by atoms with Crippen molar-refractivity contribution in [2.75, 3.05) is 10.6 Å². The Labute approximate surface area is 132 Å². The van der Waals surface area contributed by atoms with Gasteiger partial charge in [0.05, 0.1) is 16.4 Å². The Morgan fingerprint density at radius 3 is 2.55 bits per heavy atom. The number of nitrogens with zero attached hydrogens (tertiary/aromatic N) is 1. The number of amides is 1. The Balaban J connectivity index is 2.23. The summed E-state index contributed by atoms with van der Waals surface area (Å²) >= 11 is 6.12. The molecule has 0 unspecified atom stereocenters. The Kier molecular flexibility index (Phi) is 3.25. The van der Waals surface area contributed by atoms with E-state index in [1.54, 1.807) is 32.0 Å². The van der Waals surface area contributed by atoms with Gasteiger partial charge in [-0.15, -0.1) is 0 Å². The van der Waals surface area contributed by atoms with Gasteiger partial charge in [0.2, 0.25) is 0 Å². The van der Waals surface area contributed by atoms with Crippen LogP contribution in [-0.4, -0.2) is 11.5 Å². The molecular weight excluding hydrogens is 307 g/mol. The van der Waals surface area contributed by atoms with Crippen molar-refractivity contribution in [3.05, 3.63) is 47.2 Å². The van der Waals surface area contributed by atoms with Gasteiger partial charge in [0.25, 0.3) is 5.91 Å². The van der Waals surface area contributed by atoms with Gasteiger partial charge in [-0.2, -0.15) is 0 Å². The minimum absolute atomic E-state index is 0.147. The lowest BCUT2D eigenvalue weighted by atomic mass is 10.0. The van der Waals surface area contributed by atoms with Crippen molar-refractivity contribution in [3.63, 3.8) is 0 Å². The topological polar surface area (TPSA) is 55.6 Å². The molecule has 0 atom stereocenters. The molecule has 2 aromatic rings. The molecule has 0 spiro atoms. The number of carbonyl (C=O) groups excluding carboxylic acids is 1. The molecule has 22 heavy (non-hydrogen) atoms. The van der Waals surface area contributed by atoms with Gasteiger partial charge in [0.15, 0.2) is 5.60 Å². The molecule has 2 aromatic carbocycles. The Morgan fingerprint density at radius 1 is 1.18 bits per heavy atom. The van der Waals surface area contributed by atoms with Crippen LogP contribution < -0.4 is 15.4 Å². The maximum atomic E-state index is 13.3. The van der Waals surface area contributed by atoms with E-state index in [0.717, 1.165) is 0 Å². The predicted octanol–water partition coefficient (Wildman–Crippen LogP) is 3.90. The van der Waals surface area contributed by atoms with Crippen LogP contribution >= 0.6 is 11.6 Å². The molecular formula is C16H14ClFN2O2. The Morgan fingerprint density at radius 2 is 1.86 bits per heavy atom. The smallest absolute Gasteiger partial charge is 0.275 e. The van der Waals surface area contributed by atoms with Gasteiger partial charge < -0.3 is 10.5 Å². The van der Waals surface area contributed by atoms with Gasteiger partial charge in [-0.3, -0.25) is 9.69 Å². The monoisotopic (exact) mass is 320 g/mol. The third-order valence-electron chi connectivity index (χ3n) is 3.46. The fraction of sp³-hybridized carbons (Fsp3) is 0.188. The highest BCUT2D eigenvalue weighted by molar-refractivity contribution is 6.34. The highest BCUT2D eigenvalue weighted by Gasteiger charge is 2.42. The maximum Gasteiger partial charge on any atom is 0.275 e. The fourth-order valence-electron chi connectivity index (χ4n) is 2.40. The first-order chi connectivity index (χ1) is 10.3. The number of rotatable bonds is 1. The van der Waals surface area contributed by atoms with Crippen LogP contribution in [0.1, 0.15) is 13.8 Å². The summed E-state index contributed by atoms with van der Waals surface area (Å²) in [6.07, 6.45) is 0. The lowest BCUT2D eigenvalue weighted by Gasteiger charge is -2.39. The van der Waals surface area contributed by atoms with E-state index >= 15 is 0 Å². The minimum Gasteiger partial charge on any atom is -0.476 e. The lowest BCUT2D eigenvalue weighted by molar-refractivity contribution is -0.131. The van der Waals surface area contributed by atoms with E-state index in [0.29, 0.717) is 22.8 Å². The van der Waals surface area contributed by atoms with E-state index in [2.05, 4.69) is 0 Å². The summed E-state index contributed by atoms with van der Waals surface area (Å²) in [6, 6.07) is 8.89. The molecule has 3 rings (SSSR count). The second-order valence-corrected chi connectivity index (χ2v) is 5.98. The lowest BCUT2D eigenvalue weighted by Crippen LogP contribution is -2.50. The van der Waals surface area contributed by atoms with Crippen LogP contribution in [0.4, 0.5) is 21.5 Å². The molecule has 0 aliphatic carbocycles. The number of anilines is 3. The van der Waals surface area contributed by atoms with Crippen molar-refractivity contribution in [2.24, 2.45) is 0 Å². The number of ether oxygens (including phenoxy) is 1. The highest BCUT2D eigenvalue weighted by atomic mass is 35.5. The molecule has 0 fully saturated rings. The van der Waals surface area contributed by atoms with Crippen molar-refractivity contribution in [2.45, 2.75) is 19.4 Å². The number of carbonyl (C=O) groups is 1. The molecule has 0 saturated heterocycles. The van der Waals surface area contributed by atoms with Gasteiger partial charge in [0, 0.05) is 11.8 Å². The SMILES string of the molecule is CC1(C)Oc2cc(N)ccc2N(c2ccc(F)cc2Cl)C1=O. The maximum absolute atomic E-state index is 13.3. The van der Waals surface area contributed by atoms with Crippen LogP contribution in [0.25, 0.3) is 0 Å². The Bertz CT molecular complexity index is 777.